The molecule has 0 bridgehead atoms. The van der Waals surface area contributed by atoms with Gasteiger partial charge in [-0.25, -0.2) is 9.59 Å². The van der Waals surface area contributed by atoms with Crippen LogP contribution >= 0.6 is 0 Å². The van der Waals surface area contributed by atoms with Gasteiger partial charge in [-0.2, -0.15) is 0 Å². The second-order valence-corrected chi connectivity index (χ2v) is 4.07. The van der Waals surface area contributed by atoms with Gasteiger partial charge >= 0.3 is 17.9 Å². The van der Waals surface area contributed by atoms with Gasteiger partial charge in [0.15, 0.2) is 0 Å². The Balaban J connectivity index is 0.000000217. The third-order valence-corrected chi connectivity index (χ3v) is 2.49. The van der Waals surface area contributed by atoms with Crippen molar-refractivity contribution in [3.05, 3.63) is 48.2 Å². The smallest absolute Gasteiger partial charge is 0.335 e. The van der Waals surface area contributed by atoms with Gasteiger partial charge in [0.1, 0.15) is 0 Å². The molecule has 2 N–H and O–H groups in total. The van der Waals surface area contributed by atoms with Gasteiger partial charge in [0.2, 0.25) is 0 Å². The van der Waals surface area contributed by atoms with E-state index in [2.05, 4.69) is 11.3 Å². The van der Waals surface area contributed by atoms with Crippen molar-refractivity contribution in [2.24, 2.45) is 5.92 Å². The van der Waals surface area contributed by atoms with E-state index in [1.807, 2.05) is 0 Å². The third kappa shape index (κ3) is 4.93. The quantitative estimate of drug-likeness (QED) is 0.646. The molecule has 0 saturated heterocycles. The molecule has 0 amide bonds. The van der Waals surface area contributed by atoms with Gasteiger partial charge in [-0.3, -0.25) is 4.79 Å². The lowest BCUT2D eigenvalue weighted by atomic mass is 10.1. The lowest BCUT2D eigenvalue weighted by Gasteiger charge is -1.94. The minimum atomic E-state index is -1.06. The highest BCUT2D eigenvalue weighted by atomic mass is 16.5. The Hall–Kier alpha value is -2.63. The molecule has 1 saturated carbocycles. The summed E-state index contributed by atoms with van der Waals surface area (Å²) in [6.45, 7) is 3.27. The number of carbonyl (C=O) groups excluding carboxylic acids is 1. The summed E-state index contributed by atoms with van der Waals surface area (Å²) in [4.78, 5) is 31.2. The van der Waals surface area contributed by atoms with E-state index in [4.69, 9.17) is 10.2 Å². The number of carboxylic acid groups (broad SMARTS) is 2. The third-order valence-electron chi connectivity index (χ3n) is 2.49. The predicted octanol–water partition coefficient (Wildman–Crippen LogP) is 2.17. The molecule has 2 rings (SSSR count). The first-order valence-electron chi connectivity index (χ1n) is 5.83. The molecule has 6 nitrogen and oxygen atoms in total. The van der Waals surface area contributed by atoms with Gasteiger partial charge in [0.05, 0.1) is 23.3 Å². The van der Waals surface area contributed by atoms with Crippen LogP contribution in [0.25, 0.3) is 0 Å². The second kappa shape index (κ2) is 7.08. The number of hydrogen-bond acceptors (Lipinski definition) is 4. The van der Waals surface area contributed by atoms with Crippen molar-refractivity contribution in [2.45, 2.75) is 12.8 Å². The summed E-state index contributed by atoms with van der Waals surface area (Å²) in [5.74, 6) is -2.06. The molecule has 1 fully saturated rings. The van der Waals surface area contributed by atoms with Gasteiger partial charge in [-0.05, 0) is 37.1 Å². The van der Waals surface area contributed by atoms with Crippen molar-refractivity contribution in [1.82, 2.24) is 0 Å². The number of benzene rings is 1. The highest BCUT2D eigenvalue weighted by molar-refractivity contribution is 5.91. The van der Waals surface area contributed by atoms with Crippen LogP contribution < -0.4 is 0 Å². The number of carboxylic acids is 2. The van der Waals surface area contributed by atoms with Gasteiger partial charge in [0.25, 0.3) is 0 Å². The molecule has 0 atom stereocenters. The fourth-order valence-electron chi connectivity index (χ4n) is 1.25. The van der Waals surface area contributed by atoms with Crippen molar-refractivity contribution in [3.63, 3.8) is 0 Å². The van der Waals surface area contributed by atoms with Crippen LogP contribution in [-0.4, -0.2) is 28.1 Å². The van der Waals surface area contributed by atoms with Crippen molar-refractivity contribution >= 4 is 17.9 Å². The molecule has 6 heteroatoms. The highest BCUT2D eigenvalue weighted by Crippen LogP contribution is 2.29. The second-order valence-electron chi connectivity index (χ2n) is 4.07. The average Bonchev–Trinajstić information content (AvgIpc) is 3.24. The Morgan fingerprint density at radius 3 is 1.70 bits per heavy atom. The zero-order valence-corrected chi connectivity index (χ0v) is 10.6. The summed E-state index contributed by atoms with van der Waals surface area (Å²) in [6, 6.07) is 5.02. The summed E-state index contributed by atoms with van der Waals surface area (Å²) in [6.07, 6.45) is 3.17. The number of rotatable bonds is 4. The highest BCUT2D eigenvalue weighted by Gasteiger charge is 2.30. The van der Waals surface area contributed by atoms with Crippen LogP contribution in [0.4, 0.5) is 0 Å². The Labute approximate surface area is 115 Å². The SMILES string of the molecule is C=COC(=O)C1CC1.O=C(O)c1ccc(C(=O)O)cc1. The summed E-state index contributed by atoms with van der Waals surface area (Å²) in [5, 5.41) is 16.9. The maximum Gasteiger partial charge on any atom is 0.335 e. The molecule has 106 valence electrons. The molecular weight excluding hydrogens is 264 g/mol. The molecule has 0 radical (unpaired) electrons. The van der Waals surface area contributed by atoms with Crippen LogP contribution in [0, 0.1) is 5.92 Å². The Morgan fingerprint density at radius 1 is 1.05 bits per heavy atom. The van der Waals surface area contributed by atoms with E-state index in [9.17, 15) is 14.4 Å². The van der Waals surface area contributed by atoms with Crippen LogP contribution in [0.3, 0.4) is 0 Å². The summed E-state index contributed by atoms with van der Waals surface area (Å²) >= 11 is 0. The molecule has 0 spiro atoms. The number of hydrogen-bond donors (Lipinski definition) is 2. The molecule has 1 aliphatic rings. The van der Waals surface area contributed by atoms with Gasteiger partial charge < -0.3 is 14.9 Å². The van der Waals surface area contributed by atoms with E-state index < -0.39 is 11.9 Å². The first-order valence-corrected chi connectivity index (χ1v) is 5.83. The average molecular weight is 278 g/mol. The topological polar surface area (TPSA) is 101 Å². The molecule has 1 aromatic carbocycles. The minimum Gasteiger partial charge on any atom is -0.478 e. The fraction of sp³-hybridized carbons (Fsp3) is 0.214. The normalized spacial score (nSPS) is 12.6. The number of ether oxygens (including phenoxy) is 1. The van der Waals surface area contributed by atoms with E-state index in [-0.39, 0.29) is 23.0 Å². The number of aromatic carboxylic acids is 2. The van der Waals surface area contributed by atoms with Crippen molar-refractivity contribution in [2.75, 3.05) is 0 Å². The van der Waals surface area contributed by atoms with Gasteiger partial charge in [-0.1, -0.05) is 6.58 Å². The lowest BCUT2D eigenvalue weighted by molar-refractivity contribution is -0.139. The molecular formula is C14H14O6. The lowest BCUT2D eigenvalue weighted by Crippen LogP contribution is -2.00. The Kier molecular flexibility index (Phi) is 5.46. The van der Waals surface area contributed by atoms with Crippen LogP contribution in [0.15, 0.2) is 37.1 Å². The maximum atomic E-state index is 10.5. The first kappa shape index (κ1) is 15.4. The zero-order chi connectivity index (χ0) is 15.1. The van der Waals surface area contributed by atoms with Crippen LogP contribution in [0.2, 0.25) is 0 Å². The predicted molar refractivity (Wildman–Crippen MR) is 69.4 cm³/mol. The van der Waals surface area contributed by atoms with Crippen molar-refractivity contribution in [3.8, 4) is 0 Å². The molecule has 20 heavy (non-hydrogen) atoms. The van der Waals surface area contributed by atoms with E-state index in [0.29, 0.717) is 0 Å². The summed E-state index contributed by atoms with van der Waals surface area (Å²) < 4.78 is 4.49. The molecule has 1 aromatic rings. The van der Waals surface area contributed by atoms with E-state index in [1.54, 1.807) is 0 Å². The van der Waals surface area contributed by atoms with E-state index in [1.165, 1.54) is 30.5 Å². The first-order chi connectivity index (χ1) is 9.45. The summed E-state index contributed by atoms with van der Waals surface area (Å²) in [5.41, 5.74) is 0.167. The van der Waals surface area contributed by atoms with Crippen LogP contribution in [0.1, 0.15) is 33.6 Å². The summed E-state index contributed by atoms with van der Waals surface area (Å²) in [7, 11) is 0. The number of esters is 1. The minimum absolute atomic E-state index is 0.0833. The van der Waals surface area contributed by atoms with Crippen LogP contribution in [-0.2, 0) is 9.53 Å². The zero-order valence-electron chi connectivity index (χ0n) is 10.6. The number of carbonyl (C=O) groups is 3. The Bertz CT molecular complexity index is 480. The maximum absolute atomic E-state index is 10.5. The largest absolute Gasteiger partial charge is 0.478 e. The van der Waals surface area contributed by atoms with Crippen molar-refractivity contribution < 1.29 is 29.3 Å². The Morgan fingerprint density at radius 2 is 1.45 bits per heavy atom. The van der Waals surface area contributed by atoms with Crippen molar-refractivity contribution in [1.29, 1.82) is 0 Å². The molecule has 0 aromatic heterocycles. The van der Waals surface area contributed by atoms with E-state index in [0.717, 1.165) is 12.8 Å². The van der Waals surface area contributed by atoms with E-state index >= 15 is 0 Å². The molecule has 1 aliphatic carbocycles. The van der Waals surface area contributed by atoms with Crippen LogP contribution in [0.5, 0.6) is 0 Å². The monoisotopic (exact) mass is 278 g/mol. The molecule has 0 aliphatic heterocycles. The van der Waals surface area contributed by atoms with Gasteiger partial charge in [-0.15, -0.1) is 0 Å². The molecule has 0 heterocycles. The molecule has 0 unspecified atom stereocenters. The van der Waals surface area contributed by atoms with Gasteiger partial charge in [0, 0.05) is 0 Å². The standard InChI is InChI=1S/C8H6O4.C6H8O2/c9-7(10)5-1-2-6(4-3-5)8(11)12;1-2-8-6(7)5-3-4-5/h1-4H,(H,9,10)(H,11,12);2,5H,1,3-4H2. The fourth-order valence-corrected chi connectivity index (χ4v) is 1.25.